The van der Waals surface area contributed by atoms with Gasteiger partial charge in [-0.3, -0.25) is 14.4 Å². The van der Waals surface area contributed by atoms with Gasteiger partial charge in [-0.25, -0.2) is 0 Å². The first-order valence-electron chi connectivity index (χ1n) is 7.83. The van der Waals surface area contributed by atoms with Gasteiger partial charge in [0.2, 0.25) is 5.91 Å². The SMILES string of the molecule is CCc1ccccc1NC(=O)CNC(=O)C[NH+]1CCNC(=O)C1. The van der Waals surface area contributed by atoms with Gasteiger partial charge in [-0.1, -0.05) is 25.1 Å². The molecule has 1 aromatic rings. The lowest BCUT2D eigenvalue weighted by molar-refractivity contribution is -0.885. The van der Waals surface area contributed by atoms with Crippen LogP contribution in [0, 0.1) is 0 Å². The first-order valence-corrected chi connectivity index (χ1v) is 7.83. The van der Waals surface area contributed by atoms with Crippen molar-refractivity contribution in [3.63, 3.8) is 0 Å². The molecule has 0 radical (unpaired) electrons. The number of aryl methyl sites for hydroxylation is 1. The molecule has 1 atom stereocenters. The maximum atomic E-state index is 11.9. The number of benzene rings is 1. The number of carbonyl (C=O) groups excluding carboxylic acids is 3. The molecule has 1 aliphatic heterocycles. The third-order valence-corrected chi connectivity index (χ3v) is 3.74. The second-order valence-electron chi connectivity index (χ2n) is 5.54. The van der Waals surface area contributed by atoms with Gasteiger partial charge in [0.1, 0.15) is 0 Å². The van der Waals surface area contributed by atoms with E-state index in [4.69, 9.17) is 0 Å². The van der Waals surface area contributed by atoms with Crippen LogP contribution >= 0.6 is 0 Å². The minimum absolute atomic E-state index is 0.0482. The van der Waals surface area contributed by atoms with Crippen LogP contribution in [0.3, 0.4) is 0 Å². The molecular weight excluding hydrogens is 296 g/mol. The summed E-state index contributed by atoms with van der Waals surface area (Å²) < 4.78 is 0. The zero-order valence-corrected chi connectivity index (χ0v) is 13.3. The number of quaternary nitrogens is 1. The predicted octanol–water partition coefficient (Wildman–Crippen LogP) is -1.68. The summed E-state index contributed by atoms with van der Waals surface area (Å²) in [5.74, 6) is -0.535. The highest BCUT2D eigenvalue weighted by Gasteiger charge is 2.22. The maximum Gasteiger partial charge on any atom is 0.275 e. The Balaban J connectivity index is 1.75. The molecule has 0 aliphatic carbocycles. The minimum atomic E-state index is -0.259. The van der Waals surface area contributed by atoms with Crippen molar-refractivity contribution in [1.82, 2.24) is 10.6 Å². The van der Waals surface area contributed by atoms with Crippen LogP contribution in [-0.4, -0.2) is 50.4 Å². The summed E-state index contributed by atoms with van der Waals surface area (Å²) in [6.45, 7) is 3.74. The van der Waals surface area contributed by atoms with E-state index in [-0.39, 0.29) is 30.8 Å². The summed E-state index contributed by atoms with van der Waals surface area (Å²) in [6.07, 6.45) is 0.823. The Bertz CT molecular complexity index is 588. The molecule has 0 bridgehead atoms. The standard InChI is InChI=1S/C16H22N4O3/c1-2-12-5-3-4-6-13(12)19-14(21)9-18-16(23)11-20-8-7-17-15(22)10-20/h3-6H,2,7-11H2,1H3,(H,17,22)(H,18,23)(H,19,21)/p+1. The average Bonchev–Trinajstić information content (AvgIpc) is 2.53. The molecule has 4 N–H and O–H groups in total. The molecule has 124 valence electrons. The number of rotatable bonds is 6. The fraction of sp³-hybridized carbons (Fsp3) is 0.438. The zero-order chi connectivity index (χ0) is 16.7. The Hall–Kier alpha value is -2.41. The smallest absolute Gasteiger partial charge is 0.275 e. The van der Waals surface area contributed by atoms with Gasteiger partial charge in [0.15, 0.2) is 13.1 Å². The molecule has 2 rings (SSSR count). The Morgan fingerprint density at radius 2 is 2.04 bits per heavy atom. The Labute approximate surface area is 135 Å². The van der Waals surface area contributed by atoms with Crippen molar-refractivity contribution in [2.24, 2.45) is 0 Å². The number of piperazine rings is 1. The van der Waals surface area contributed by atoms with E-state index in [1.54, 1.807) is 0 Å². The van der Waals surface area contributed by atoms with E-state index < -0.39 is 0 Å². The van der Waals surface area contributed by atoms with Gasteiger partial charge in [-0.15, -0.1) is 0 Å². The highest BCUT2D eigenvalue weighted by Crippen LogP contribution is 2.14. The van der Waals surface area contributed by atoms with Crippen LogP contribution in [0.4, 0.5) is 5.69 Å². The van der Waals surface area contributed by atoms with E-state index in [2.05, 4.69) is 16.0 Å². The molecule has 0 aromatic heterocycles. The monoisotopic (exact) mass is 319 g/mol. The third-order valence-electron chi connectivity index (χ3n) is 3.74. The third kappa shape index (κ3) is 5.37. The van der Waals surface area contributed by atoms with E-state index in [1.807, 2.05) is 31.2 Å². The average molecular weight is 319 g/mol. The summed E-state index contributed by atoms with van der Waals surface area (Å²) in [6, 6.07) is 7.58. The van der Waals surface area contributed by atoms with Crippen LogP contribution in [0.2, 0.25) is 0 Å². The molecule has 1 aliphatic rings. The lowest BCUT2D eigenvalue weighted by Gasteiger charge is -2.22. The summed E-state index contributed by atoms with van der Waals surface area (Å²) in [5.41, 5.74) is 1.82. The van der Waals surface area contributed by atoms with Gasteiger partial charge >= 0.3 is 0 Å². The van der Waals surface area contributed by atoms with Crippen molar-refractivity contribution in [1.29, 1.82) is 0 Å². The van der Waals surface area contributed by atoms with Crippen molar-refractivity contribution >= 4 is 23.4 Å². The van der Waals surface area contributed by atoms with Crippen LogP contribution < -0.4 is 20.9 Å². The second-order valence-corrected chi connectivity index (χ2v) is 5.54. The molecule has 7 nitrogen and oxygen atoms in total. The van der Waals surface area contributed by atoms with Gasteiger partial charge in [-0.2, -0.15) is 0 Å². The van der Waals surface area contributed by atoms with E-state index in [9.17, 15) is 14.4 Å². The maximum absolute atomic E-state index is 11.9. The number of hydrogen-bond donors (Lipinski definition) is 4. The molecule has 1 unspecified atom stereocenters. The van der Waals surface area contributed by atoms with Crippen molar-refractivity contribution in [3.05, 3.63) is 29.8 Å². The lowest BCUT2D eigenvalue weighted by Crippen LogP contribution is -3.16. The number of amides is 3. The highest BCUT2D eigenvalue weighted by molar-refractivity contribution is 5.95. The van der Waals surface area contributed by atoms with Gasteiger partial charge in [0.05, 0.1) is 19.6 Å². The van der Waals surface area contributed by atoms with Gasteiger partial charge in [0, 0.05) is 5.69 Å². The van der Waals surface area contributed by atoms with Gasteiger partial charge in [-0.05, 0) is 18.1 Å². The fourth-order valence-electron chi connectivity index (χ4n) is 2.52. The largest absolute Gasteiger partial charge is 0.346 e. The number of hydrogen-bond acceptors (Lipinski definition) is 3. The molecule has 1 saturated heterocycles. The molecule has 3 amide bonds. The van der Waals surface area contributed by atoms with Gasteiger partial charge in [0.25, 0.3) is 11.8 Å². The van der Waals surface area contributed by atoms with Crippen LogP contribution in [0.25, 0.3) is 0 Å². The Morgan fingerprint density at radius 3 is 2.78 bits per heavy atom. The molecule has 23 heavy (non-hydrogen) atoms. The van der Waals surface area contributed by atoms with Gasteiger partial charge < -0.3 is 20.9 Å². The lowest BCUT2D eigenvalue weighted by atomic mass is 10.1. The number of carbonyl (C=O) groups is 3. The van der Waals surface area contributed by atoms with Crippen molar-refractivity contribution in [2.45, 2.75) is 13.3 Å². The molecule has 1 aromatic carbocycles. The van der Waals surface area contributed by atoms with Crippen LogP contribution in [0.1, 0.15) is 12.5 Å². The van der Waals surface area contributed by atoms with Crippen molar-refractivity contribution < 1.29 is 19.3 Å². The first kappa shape index (κ1) is 17.0. The summed E-state index contributed by atoms with van der Waals surface area (Å²) in [4.78, 5) is 35.9. The first-order chi connectivity index (χ1) is 11.1. The Kier molecular flexibility index (Phi) is 6.10. The summed E-state index contributed by atoms with van der Waals surface area (Å²) in [7, 11) is 0. The zero-order valence-electron chi connectivity index (χ0n) is 13.3. The number of anilines is 1. The van der Waals surface area contributed by atoms with Crippen LogP contribution in [0.5, 0.6) is 0 Å². The van der Waals surface area contributed by atoms with E-state index in [0.717, 1.165) is 29.1 Å². The Morgan fingerprint density at radius 1 is 1.26 bits per heavy atom. The summed E-state index contributed by atoms with van der Waals surface area (Å²) in [5, 5.41) is 8.12. The molecule has 7 heteroatoms. The predicted molar refractivity (Wildman–Crippen MR) is 86.0 cm³/mol. The van der Waals surface area contributed by atoms with Crippen LogP contribution in [-0.2, 0) is 20.8 Å². The molecular formula is C16H23N4O3+. The van der Waals surface area contributed by atoms with Crippen molar-refractivity contribution in [2.75, 3.05) is 38.0 Å². The molecule has 0 spiro atoms. The topological polar surface area (TPSA) is 91.7 Å². The van der Waals surface area contributed by atoms with E-state index in [1.165, 1.54) is 0 Å². The van der Waals surface area contributed by atoms with E-state index >= 15 is 0 Å². The second kappa shape index (κ2) is 8.28. The molecule has 0 saturated carbocycles. The van der Waals surface area contributed by atoms with Crippen molar-refractivity contribution in [3.8, 4) is 0 Å². The summed E-state index contributed by atoms with van der Waals surface area (Å²) >= 11 is 0. The van der Waals surface area contributed by atoms with E-state index in [0.29, 0.717) is 13.1 Å². The molecule has 1 heterocycles. The minimum Gasteiger partial charge on any atom is -0.346 e. The normalized spacial score (nSPS) is 17.3. The number of nitrogens with one attached hydrogen (secondary N) is 4. The molecule has 1 fully saturated rings. The fourth-order valence-corrected chi connectivity index (χ4v) is 2.52. The quantitative estimate of drug-likeness (QED) is 0.505. The van der Waals surface area contributed by atoms with Crippen LogP contribution in [0.15, 0.2) is 24.3 Å². The highest BCUT2D eigenvalue weighted by atomic mass is 16.2. The number of para-hydroxylation sites is 1.